The molecule has 1 amide bonds. The number of hydrogen-bond donors (Lipinski definition) is 3. The summed E-state index contributed by atoms with van der Waals surface area (Å²) in [5.41, 5.74) is 3.16. The van der Waals surface area contributed by atoms with E-state index in [9.17, 15) is 32.3 Å². The van der Waals surface area contributed by atoms with Crippen molar-refractivity contribution in [2.75, 3.05) is 6.61 Å². The topological polar surface area (TPSA) is 91.4 Å². The minimum Gasteiger partial charge on any atom is -0.480 e. The number of benzene rings is 3. The van der Waals surface area contributed by atoms with E-state index in [0.29, 0.717) is 0 Å². The lowest BCUT2D eigenvalue weighted by Gasteiger charge is -2.17. The smallest absolute Gasteiger partial charge is 0.407 e. The number of halogens is 4. The van der Waals surface area contributed by atoms with Gasteiger partial charge in [-0.2, -0.15) is 0 Å². The van der Waals surface area contributed by atoms with E-state index in [2.05, 4.69) is 10.3 Å². The van der Waals surface area contributed by atoms with E-state index in [4.69, 9.17) is 4.74 Å². The maximum Gasteiger partial charge on any atom is 0.407 e. The molecule has 1 atom stereocenters. The average Bonchev–Trinajstić information content (AvgIpc) is 3.44. The van der Waals surface area contributed by atoms with Gasteiger partial charge in [-0.25, -0.2) is 27.2 Å². The van der Waals surface area contributed by atoms with Crippen LogP contribution in [0.5, 0.6) is 0 Å². The molecule has 1 aromatic heterocycles. The second-order valence-electron chi connectivity index (χ2n) is 8.38. The first-order valence-corrected chi connectivity index (χ1v) is 10.9. The van der Waals surface area contributed by atoms with E-state index >= 15 is 0 Å². The third-order valence-electron chi connectivity index (χ3n) is 6.34. The second kappa shape index (κ2) is 9.03. The zero-order valence-corrected chi connectivity index (χ0v) is 18.4. The van der Waals surface area contributed by atoms with Gasteiger partial charge in [0.15, 0.2) is 23.3 Å². The summed E-state index contributed by atoms with van der Waals surface area (Å²) >= 11 is 0. The molecule has 36 heavy (non-hydrogen) atoms. The van der Waals surface area contributed by atoms with Crippen LogP contribution in [0.1, 0.15) is 22.6 Å². The molecule has 184 valence electrons. The molecule has 0 radical (unpaired) electrons. The van der Waals surface area contributed by atoms with Gasteiger partial charge in [-0.15, -0.1) is 0 Å². The Hall–Kier alpha value is -4.34. The molecule has 6 nitrogen and oxygen atoms in total. The molecule has 0 bridgehead atoms. The van der Waals surface area contributed by atoms with Crippen molar-refractivity contribution in [2.24, 2.45) is 0 Å². The fourth-order valence-electron chi connectivity index (χ4n) is 4.66. The number of carboxylic acids is 1. The average molecular weight is 498 g/mol. The number of carbonyl (C=O) groups excluding carboxylic acids is 1. The fraction of sp³-hybridized carbons (Fsp3) is 0.154. The van der Waals surface area contributed by atoms with Gasteiger partial charge in [0, 0.05) is 23.9 Å². The number of aromatic nitrogens is 1. The van der Waals surface area contributed by atoms with Crippen LogP contribution >= 0.6 is 0 Å². The molecule has 0 fully saturated rings. The van der Waals surface area contributed by atoms with Crippen molar-refractivity contribution in [2.45, 2.75) is 18.4 Å². The van der Waals surface area contributed by atoms with E-state index in [0.717, 1.165) is 28.5 Å². The number of ether oxygens (including phenoxy) is 1. The van der Waals surface area contributed by atoms with Crippen LogP contribution in [-0.4, -0.2) is 34.8 Å². The van der Waals surface area contributed by atoms with Crippen LogP contribution in [0.25, 0.3) is 22.0 Å². The van der Waals surface area contributed by atoms with Crippen LogP contribution in [0.4, 0.5) is 22.4 Å². The lowest BCUT2D eigenvalue weighted by atomic mass is 9.98. The number of H-pyrrole nitrogens is 1. The van der Waals surface area contributed by atoms with Crippen molar-refractivity contribution in [3.63, 3.8) is 0 Å². The number of aromatic amines is 1. The van der Waals surface area contributed by atoms with Crippen molar-refractivity contribution >= 4 is 23.0 Å². The Bertz CT molecular complexity index is 1470. The molecule has 0 saturated heterocycles. The molecule has 0 saturated carbocycles. The number of carbonyl (C=O) groups is 2. The standard InChI is InChI=1S/C26H18F4N2O4/c27-20-19-12(10-31-24(19)23(30)22(29)21(20)28)9-18(25(33)34)32-26(35)36-11-17-15-7-3-1-5-13(15)14-6-2-4-8-16(14)17/h1-8,10,17-18,31H,9,11H2,(H,32,35)(H,33,34)/t18-/m0/s1. The summed E-state index contributed by atoms with van der Waals surface area (Å²) < 4.78 is 60.9. The first kappa shape index (κ1) is 23.4. The van der Waals surface area contributed by atoms with Crippen molar-refractivity contribution in [1.29, 1.82) is 0 Å². The van der Waals surface area contributed by atoms with Crippen LogP contribution in [0.3, 0.4) is 0 Å². The Balaban J connectivity index is 1.32. The molecule has 0 unspecified atom stereocenters. The lowest BCUT2D eigenvalue weighted by Crippen LogP contribution is -2.42. The van der Waals surface area contributed by atoms with E-state index in [1.807, 2.05) is 48.5 Å². The summed E-state index contributed by atoms with van der Waals surface area (Å²) in [5, 5.41) is 11.1. The molecule has 1 aliphatic rings. The van der Waals surface area contributed by atoms with Crippen LogP contribution in [0.2, 0.25) is 0 Å². The summed E-state index contributed by atoms with van der Waals surface area (Å²) in [5.74, 6) is -9.04. The predicted octanol–water partition coefficient (Wildman–Crippen LogP) is 5.26. The lowest BCUT2D eigenvalue weighted by molar-refractivity contribution is -0.139. The Labute approximate surface area is 201 Å². The molecule has 0 aliphatic heterocycles. The highest BCUT2D eigenvalue weighted by atomic mass is 19.2. The van der Waals surface area contributed by atoms with Gasteiger partial charge in [-0.1, -0.05) is 48.5 Å². The van der Waals surface area contributed by atoms with Crippen molar-refractivity contribution < 1.29 is 37.0 Å². The monoisotopic (exact) mass is 498 g/mol. The predicted molar refractivity (Wildman–Crippen MR) is 121 cm³/mol. The highest BCUT2D eigenvalue weighted by molar-refractivity contribution is 5.87. The largest absolute Gasteiger partial charge is 0.480 e. The SMILES string of the molecule is O=C(N[C@@H](Cc1c[nH]c2c(F)c(F)c(F)c(F)c12)C(=O)O)OCC1c2ccccc2-c2ccccc21. The molecule has 5 rings (SSSR count). The summed E-state index contributed by atoms with van der Waals surface area (Å²) in [6.45, 7) is -0.0659. The molecule has 1 heterocycles. The first-order valence-electron chi connectivity index (χ1n) is 10.9. The summed E-state index contributed by atoms with van der Waals surface area (Å²) in [6, 6.07) is 13.7. The number of amides is 1. The Morgan fingerprint density at radius 2 is 1.50 bits per heavy atom. The fourth-order valence-corrected chi connectivity index (χ4v) is 4.66. The minimum absolute atomic E-state index is 0.0659. The molecule has 10 heteroatoms. The van der Waals surface area contributed by atoms with Crippen molar-refractivity contribution in [3.05, 3.63) is 94.7 Å². The molecule has 4 aromatic rings. The van der Waals surface area contributed by atoms with Gasteiger partial charge in [0.1, 0.15) is 12.6 Å². The van der Waals surface area contributed by atoms with Crippen molar-refractivity contribution in [3.8, 4) is 11.1 Å². The van der Waals surface area contributed by atoms with Gasteiger partial charge in [0.25, 0.3) is 0 Å². The quantitative estimate of drug-likeness (QED) is 0.192. The van der Waals surface area contributed by atoms with Crippen LogP contribution < -0.4 is 5.32 Å². The molecule has 1 aliphatic carbocycles. The highest BCUT2D eigenvalue weighted by Gasteiger charge is 2.31. The number of aliphatic carboxylic acids is 1. The molecular weight excluding hydrogens is 480 g/mol. The maximum absolute atomic E-state index is 14.3. The van der Waals surface area contributed by atoms with Gasteiger partial charge >= 0.3 is 12.1 Å². The van der Waals surface area contributed by atoms with E-state index < -0.39 is 58.7 Å². The zero-order chi connectivity index (χ0) is 25.6. The number of fused-ring (bicyclic) bond motifs is 4. The summed E-state index contributed by atoms with van der Waals surface area (Å²) in [4.78, 5) is 26.6. The summed E-state index contributed by atoms with van der Waals surface area (Å²) in [6.07, 6.45) is -0.542. The van der Waals surface area contributed by atoms with E-state index in [1.165, 1.54) is 0 Å². The van der Waals surface area contributed by atoms with Gasteiger partial charge in [-0.3, -0.25) is 0 Å². The van der Waals surface area contributed by atoms with Crippen molar-refractivity contribution in [1.82, 2.24) is 10.3 Å². The van der Waals surface area contributed by atoms with Gasteiger partial charge < -0.3 is 20.1 Å². The molecule has 0 spiro atoms. The summed E-state index contributed by atoms with van der Waals surface area (Å²) in [7, 11) is 0. The number of hydrogen-bond acceptors (Lipinski definition) is 3. The molecular formula is C26H18F4N2O4. The molecule has 3 aromatic carbocycles. The van der Waals surface area contributed by atoms with Gasteiger partial charge in [0.05, 0.1) is 5.52 Å². The minimum atomic E-state index is -2.02. The third-order valence-corrected chi connectivity index (χ3v) is 6.34. The highest BCUT2D eigenvalue weighted by Crippen LogP contribution is 2.44. The Morgan fingerprint density at radius 3 is 2.11 bits per heavy atom. The third kappa shape index (κ3) is 3.84. The normalized spacial score (nSPS) is 13.3. The second-order valence-corrected chi connectivity index (χ2v) is 8.38. The first-order chi connectivity index (χ1) is 17.3. The number of rotatable bonds is 6. The van der Waals surface area contributed by atoms with Gasteiger partial charge in [-0.05, 0) is 27.8 Å². The number of alkyl carbamates (subject to hydrolysis) is 1. The molecule has 3 N–H and O–H groups in total. The van der Waals surface area contributed by atoms with Crippen LogP contribution in [-0.2, 0) is 16.0 Å². The van der Waals surface area contributed by atoms with E-state index in [-0.39, 0.29) is 18.1 Å². The van der Waals surface area contributed by atoms with Crippen LogP contribution in [0, 0.1) is 23.3 Å². The van der Waals surface area contributed by atoms with E-state index in [1.54, 1.807) is 0 Å². The maximum atomic E-state index is 14.3. The van der Waals surface area contributed by atoms with Gasteiger partial charge in [0.2, 0.25) is 0 Å². The Morgan fingerprint density at radius 1 is 0.917 bits per heavy atom. The Kier molecular flexibility index (Phi) is 5.87. The zero-order valence-electron chi connectivity index (χ0n) is 18.4. The number of nitrogens with one attached hydrogen (secondary N) is 2. The van der Waals surface area contributed by atoms with Crippen LogP contribution in [0.15, 0.2) is 54.7 Å². The number of carboxylic acid groups (broad SMARTS) is 1.